The lowest BCUT2D eigenvalue weighted by Gasteiger charge is -2.33. The average Bonchev–Trinajstić information content (AvgIpc) is 2.50. The molecule has 1 aromatic carbocycles. The highest BCUT2D eigenvalue weighted by Crippen LogP contribution is 2.31. The van der Waals surface area contributed by atoms with Crippen LogP contribution in [0.5, 0.6) is 0 Å². The molecule has 2 rings (SSSR count). The molecule has 0 bridgehead atoms. The molecular formula is C17H21BrN2O3. The van der Waals surface area contributed by atoms with Gasteiger partial charge in [0.05, 0.1) is 12.6 Å². The summed E-state index contributed by atoms with van der Waals surface area (Å²) in [5, 5.41) is 5.36. The second-order valence-corrected chi connectivity index (χ2v) is 6.42. The van der Waals surface area contributed by atoms with Gasteiger partial charge in [-0.25, -0.2) is 4.79 Å². The second kappa shape index (κ2) is 8.15. The van der Waals surface area contributed by atoms with Crippen LogP contribution >= 0.6 is 15.9 Å². The van der Waals surface area contributed by atoms with Gasteiger partial charge in [-0.2, -0.15) is 0 Å². The zero-order valence-corrected chi connectivity index (χ0v) is 14.7. The lowest BCUT2D eigenvalue weighted by atomic mass is 9.89. The van der Waals surface area contributed by atoms with Crippen LogP contribution in [0.2, 0.25) is 0 Å². The molecule has 2 N–H and O–H groups in total. The molecule has 1 aromatic rings. The van der Waals surface area contributed by atoms with E-state index in [0.717, 1.165) is 29.3 Å². The number of carbonyl (C=O) groups excluding carboxylic acids is 2. The van der Waals surface area contributed by atoms with Crippen LogP contribution in [0, 0.1) is 5.92 Å². The first-order valence-corrected chi connectivity index (χ1v) is 8.50. The quantitative estimate of drug-likeness (QED) is 0.584. The van der Waals surface area contributed by atoms with E-state index in [1.165, 1.54) is 0 Å². The van der Waals surface area contributed by atoms with E-state index in [1.807, 2.05) is 24.3 Å². The fourth-order valence-electron chi connectivity index (χ4n) is 2.55. The van der Waals surface area contributed by atoms with E-state index in [9.17, 15) is 9.59 Å². The monoisotopic (exact) mass is 380 g/mol. The summed E-state index contributed by atoms with van der Waals surface area (Å²) >= 11 is 3.41. The topological polar surface area (TPSA) is 67.4 Å². The number of urea groups is 1. The summed E-state index contributed by atoms with van der Waals surface area (Å²) in [5.74, 6) is -1.02. The molecule has 1 fully saturated rings. The largest absolute Gasteiger partial charge is 0.465 e. The first-order valence-electron chi connectivity index (χ1n) is 7.71. The molecule has 124 valence electrons. The molecule has 6 heteroatoms. The van der Waals surface area contributed by atoms with E-state index in [1.54, 1.807) is 0 Å². The van der Waals surface area contributed by atoms with Crippen molar-refractivity contribution in [2.24, 2.45) is 5.92 Å². The molecule has 0 aromatic heterocycles. The SMILES string of the molecule is C=C1NC(=O)N[C@H](c2cccc(Br)c2)[C@@H]1C(=O)OCCCCC. The highest BCUT2D eigenvalue weighted by Gasteiger charge is 2.38. The van der Waals surface area contributed by atoms with Gasteiger partial charge in [-0.15, -0.1) is 0 Å². The molecule has 1 aliphatic rings. The number of carbonyl (C=O) groups is 2. The van der Waals surface area contributed by atoms with Gasteiger partial charge in [0.2, 0.25) is 0 Å². The van der Waals surface area contributed by atoms with Crippen molar-refractivity contribution in [2.45, 2.75) is 32.2 Å². The average molecular weight is 381 g/mol. The number of hydrogen-bond donors (Lipinski definition) is 2. The molecule has 1 aliphatic heterocycles. The number of unbranched alkanes of at least 4 members (excludes halogenated alkanes) is 2. The zero-order chi connectivity index (χ0) is 16.8. The van der Waals surface area contributed by atoms with E-state index >= 15 is 0 Å². The minimum atomic E-state index is -0.649. The minimum Gasteiger partial charge on any atom is -0.465 e. The Labute approximate surface area is 144 Å². The summed E-state index contributed by atoms with van der Waals surface area (Å²) in [5.41, 5.74) is 1.19. The van der Waals surface area contributed by atoms with Crippen molar-refractivity contribution in [2.75, 3.05) is 6.61 Å². The normalized spacial score (nSPS) is 20.6. The third kappa shape index (κ3) is 4.58. The van der Waals surface area contributed by atoms with Crippen molar-refractivity contribution in [3.8, 4) is 0 Å². The van der Waals surface area contributed by atoms with Crippen LogP contribution < -0.4 is 10.6 Å². The van der Waals surface area contributed by atoms with Crippen LogP contribution in [-0.2, 0) is 9.53 Å². The Balaban J connectivity index is 2.16. The Hall–Kier alpha value is -1.82. The summed E-state index contributed by atoms with van der Waals surface area (Å²) in [6.07, 6.45) is 2.91. The summed E-state index contributed by atoms with van der Waals surface area (Å²) < 4.78 is 6.25. The van der Waals surface area contributed by atoms with Crippen LogP contribution in [0.25, 0.3) is 0 Å². The van der Waals surface area contributed by atoms with Crippen LogP contribution in [0.15, 0.2) is 41.0 Å². The summed E-state index contributed by atoms with van der Waals surface area (Å²) in [6.45, 7) is 6.30. The van der Waals surface area contributed by atoms with E-state index < -0.39 is 12.0 Å². The van der Waals surface area contributed by atoms with Crippen molar-refractivity contribution in [1.29, 1.82) is 0 Å². The first-order chi connectivity index (χ1) is 11.0. The third-order valence-corrected chi connectivity index (χ3v) is 4.22. The minimum absolute atomic E-state index is 0.360. The molecule has 1 heterocycles. The Bertz CT molecular complexity index is 603. The van der Waals surface area contributed by atoms with Gasteiger partial charge < -0.3 is 15.4 Å². The van der Waals surface area contributed by atoms with Crippen molar-refractivity contribution < 1.29 is 14.3 Å². The number of amides is 2. The number of nitrogens with one attached hydrogen (secondary N) is 2. The van der Waals surface area contributed by atoms with Gasteiger partial charge >= 0.3 is 12.0 Å². The second-order valence-electron chi connectivity index (χ2n) is 5.51. The maximum Gasteiger partial charge on any atom is 0.319 e. The van der Waals surface area contributed by atoms with Gasteiger partial charge in [-0.05, 0) is 24.1 Å². The highest BCUT2D eigenvalue weighted by molar-refractivity contribution is 9.10. The molecule has 2 amide bonds. The van der Waals surface area contributed by atoms with E-state index in [-0.39, 0.29) is 12.0 Å². The van der Waals surface area contributed by atoms with Gasteiger partial charge in [0.1, 0.15) is 5.92 Å². The lowest BCUT2D eigenvalue weighted by molar-refractivity contribution is -0.148. The Morgan fingerprint density at radius 2 is 2.17 bits per heavy atom. The van der Waals surface area contributed by atoms with E-state index in [4.69, 9.17) is 4.74 Å². The first kappa shape index (κ1) is 17.5. The number of rotatable bonds is 6. The standard InChI is InChI=1S/C17H21BrN2O3/c1-3-4-5-9-23-16(21)14-11(2)19-17(22)20-15(14)12-7-6-8-13(18)10-12/h6-8,10,14-15H,2-5,9H2,1H3,(H2,19,20,22)/t14-,15-/m1/s1. The van der Waals surface area contributed by atoms with Gasteiger partial charge in [0, 0.05) is 10.2 Å². The molecule has 5 nitrogen and oxygen atoms in total. The van der Waals surface area contributed by atoms with Gasteiger partial charge in [-0.1, -0.05) is 54.4 Å². The molecule has 0 radical (unpaired) electrons. The predicted octanol–water partition coefficient (Wildman–Crippen LogP) is 3.67. The maximum atomic E-state index is 12.5. The van der Waals surface area contributed by atoms with Crippen molar-refractivity contribution in [3.05, 3.63) is 46.6 Å². The number of benzene rings is 1. The van der Waals surface area contributed by atoms with Crippen LogP contribution in [0.1, 0.15) is 37.8 Å². The van der Waals surface area contributed by atoms with Gasteiger partial charge in [0.25, 0.3) is 0 Å². The molecule has 0 aliphatic carbocycles. The van der Waals surface area contributed by atoms with Crippen LogP contribution in [0.3, 0.4) is 0 Å². The number of halogens is 1. The van der Waals surface area contributed by atoms with E-state index in [0.29, 0.717) is 12.3 Å². The smallest absolute Gasteiger partial charge is 0.319 e. The molecule has 0 saturated carbocycles. The number of ether oxygens (including phenoxy) is 1. The van der Waals surface area contributed by atoms with E-state index in [2.05, 4.69) is 40.1 Å². The third-order valence-electron chi connectivity index (χ3n) is 3.72. The van der Waals surface area contributed by atoms with Crippen LogP contribution in [0.4, 0.5) is 4.79 Å². The van der Waals surface area contributed by atoms with Gasteiger partial charge in [0.15, 0.2) is 0 Å². The zero-order valence-electron chi connectivity index (χ0n) is 13.1. The fraction of sp³-hybridized carbons (Fsp3) is 0.412. The van der Waals surface area contributed by atoms with Crippen molar-refractivity contribution >= 4 is 27.9 Å². The summed E-state index contributed by atoms with van der Waals surface area (Å²) in [4.78, 5) is 24.2. The Kier molecular flexibility index (Phi) is 6.21. The Morgan fingerprint density at radius 1 is 1.39 bits per heavy atom. The molecule has 0 spiro atoms. The predicted molar refractivity (Wildman–Crippen MR) is 91.7 cm³/mol. The number of hydrogen-bond acceptors (Lipinski definition) is 3. The molecule has 0 unspecified atom stereocenters. The van der Waals surface area contributed by atoms with Gasteiger partial charge in [-0.3, -0.25) is 4.79 Å². The number of esters is 1. The molecule has 2 atom stereocenters. The fourth-order valence-corrected chi connectivity index (χ4v) is 2.97. The van der Waals surface area contributed by atoms with Crippen LogP contribution in [-0.4, -0.2) is 18.6 Å². The molecule has 1 saturated heterocycles. The van der Waals surface area contributed by atoms with Crippen molar-refractivity contribution in [3.63, 3.8) is 0 Å². The highest BCUT2D eigenvalue weighted by atomic mass is 79.9. The summed E-state index contributed by atoms with van der Waals surface area (Å²) in [7, 11) is 0. The lowest BCUT2D eigenvalue weighted by Crippen LogP contribution is -2.51. The maximum absolute atomic E-state index is 12.5. The Morgan fingerprint density at radius 3 is 2.87 bits per heavy atom. The van der Waals surface area contributed by atoms with Crippen molar-refractivity contribution in [1.82, 2.24) is 10.6 Å². The summed E-state index contributed by atoms with van der Waals surface area (Å²) in [6, 6.07) is 6.63. The molecule has 23 heavy (non-hydrogen) atoms. The molecular weight excluding hydrogens is 360 g/mol.